The lowest BCUT2D eigenvalue weighted by atomic mass is 10.2. The summed E-state index contributed by atoms with van der Waals surface area (Å²) in [7, 11) is -3.47. The number of likely N-dealkylation sites (tertiary alicyclic amines) is 1. The predicted octanol–water partition coefficient (Wildman–Crippen LogP) is -0.507. The Morgan fingerprint density at radius 1 is 1.55 bits per heavy atom. The maximum Gasteiger partial charge on any atom is 0.229 e. The summed E-state index contributed by atoms with van der Waals surface area (Å²) >= 11 is 0. The van der Waals surface area contributed by atoms with Gasteiger partial charge in [0.2, 0.25) is 10.0 Å². The Morgan fingerprint density at radius 3 is 2.18 bits per heavy atom. The molecule has 0 aliphatic carbocycles. The van der Waals surface area contributed by atoms with Gasteiger partial charge in [-0.05, 0) is 6.42 Å². The molecule has 0 radical (unpaired) electrons. The van der Waals surface area contributed by atoms with Gasteiger partial charge in [0.1, 0.15) is 5.37 Å². The van der Waals surface area contributed by atoms with Crippen LogP contribution in [0.4, 0.5) is 0 Å². The van der Waals surface area contributed by atoms with E-state index in [0.29, 0.717) is 0 Å². The van der Waals surface area contributed by atoms with Crippen LogP contribution in [0.2, 0.25) is 0 Å². The first kappa shape index (κ1) is 8.70. The third-order valence-corrected chi connectivity index (χ3v) is 2.95. The summed E-state index contributed by atoms with van der Waals surface area (Å²) < 4.78 is 21.7. The molecule has 1 aliphatic heterocycles. The van der Waals surface area contributed by atoms with Crippen LogP contribution in [-0.2, 0) is 10.0 Å². The second-order valence-corrected chi connectivity index (χ2v) is 4.27. The zero-order valence-electron chi connectivity index (χ0n) is 6.23. The van der Waals surface area contributed by atoms with Crippen LogP contribution in [0, 0.1) is 0 Å². The van der Waals surface area contributed by atoms with Gasteiger partial charge in [-0.2, -0.15) is 0 Å². The molecule has 4 nitrogen and oxygen atoms in total. The molecule has 1 unspecified atom stereocenters. The normalized spacial score (nSPS) is 22.3. The molecule has 2 N–H and O–H groups in total. The number of hydrogen-bond acceptors (Lipinski definition) is 3. The number of nitrogens with zero attached hydrogens (tertiary/aromatic N) is 1. The van der Waals surface area contributed by atoms with E-state index in [1.807, 2.05) is 0 Å². The highest BCUT2D eigenvalue weighted by Crippen LogP contribution is 2.14. The molecule has 1 aliphatic rings. The average Bonchev–Trinajstić information content (AvgIpc) is 1.74. The van der Waals surface area contributed by atoms with Crippen LogP contribution >= 0.6 is 0 Å². The standard InChI is InChI=1S/C6H12N2O2S/c1-2-6(11(7,9)10)8-4-3-5-8/h2,6H,1,3-5H2,(H2,7,9,10). The van der Waals surface area contributed by atoms with Gasteiger partial charge in [-0.3, -0.25) is 4.90 Å². The van der Waals surface area contributed by atoms with Crippen LogP contribution in [0.15, 0.2) is 12.7 Å². The van der Waals surface area contributed by atoms with Gasteiger partial charge in [0.25, 0.3) is 0 Å². The lowest BCUT2D eigenvalue weighted by Gasteiger charge is -2.34. The first-order valence-corrected chi connectivity index (χ1v) is 5.05. The third-order valence-electron chi connectivity index (χ3n) is 1.79. The van der Waals surface area contributed by atoms with E-state index in [2.05, 4.69) is 6.58 Å². The molecule has 0 bridgehead atoms. The zero-order valence-corrected chi connectivity index (χ0v) is 7.05. The molecule has 64 valence electrons. The number of hydrogen-bond donors (Lipinski definition) is 1. The van der Waals surface area contributed by atoms with E-state index in [-0.39, 0.29) is 0 Å². The fourth-order valence-electron chi connectivity index (χ4n) is 1.09. The molecule has 5 heteroatoms. The topological polar surface area (TPSA) is 63.4 Å². The van der Waals surface area contributed by atoms with Crippen molar-refractivity contribution in [3.8, 4) is 0 Å². The fourth-order valence-corrected chi connectivity index (χ4v) is 1.98. The van der Waals surface area contributed by atoms with Crippen LogP contribution < -0.4 is 5.14 Å². The maximum atomic E-state index is 10.9. The molecule has 0 aromatic heterocycles. The minimum atomic E-state index is -3.47. The predicted molar refractivity (Wildman–Crippen MR) is 43.3 cm³/mol. The van der Waals surface area contributed by atoms with Crippen LogP contribution in [0.5, 0.6) is 0 Å². The highest BCUT2D eigenvalue weighted by atomic mass is 32.2. The molecule has 11 heavy (non-hydrogen) atoms. The summed E-state index contributed by atoms with van der Waals surface area (Å²) in [6.07, 6.45) is 2.41. The Balaban J connectivity index is 2.70. The minimum absolute atomic E-state index is 0.684. The average molecular weight is 176 g/mol. The number of sulfonamides is 1. The van der Waals surface area contributed by atoms with Crippen molar-refractivity contribution >= 4 is 10.0 Å². The van der Waals surface area contributed by atoms with E-state index in [9.17, 15) is 8.42 Å². The maximum absolute atomic E-state index is 10.9. The monoisotopic (exact) mass is 176 g/mol. The molecule has 0 aromatic carbocycles. The van der Waals surface area contributed by atoms with Crippen LogP contribution in [-0.4, -0.2) is 31.8 Å². The van der Waals surface area contributed by atoms with Crippen molar-refractivity contribution in [2.75, 3.05) is 13.1 Å². The van der Waals surface area contributed by atoms with Crippen molar-refractivity contribution in [3.05, 3.63) is 12.7 Å². The molecular weight excluding hydrogens is 164 g/mol. The van der Waals surface area contributed by atoms with E-state index < -0.39 is 15.4 Å². The summed E-state index contributed by atoms with van der Waals surface area (Å²) in [4.78, 5) is 1.78. The van der Waals surface area contributed by atoms with Crippen molar-refractivity contribution < 1.29 is 8.42 Å². The number of nitrogens with two attached hydrogens (primary N) is 1. The molecule has 0 amide bonds. The Kier molecular flexibility index (Phi) is 2.31. The van der Waals surface area contributed by atoms with Gasteiger partial charge >= 0.3 is 0 Å². The molecule has 0 aromatic rings. The molecule has 1 saturated heterocycles. The van der Waals surface area contributed by atoms with Gasteiger partial charge in [0, 0.05) is 13.1 Å². The molecule has 1 heterocycles. The van der Waals surface area contributed by atoms with Gasteiger partial charge in [0.05, 0.1) is 0 Å². The molecule has 0 spiro atoms. The highest BCUT2D eigenvalue weighted by Gasteiger charge is 2.29. The highest BCUT2D eigenvalue weighted by molar-refractivity contribution is 7.89. The molecule has 0 saturated carbocycles. The van der Waals surface area contributed by atoms with Gasteiger partial charge < -0.3 is 0 Å². The van der Waals surface area contributed by atoms with Crippen molar-refractivity contribution in [1.29, 1.82) is 0 Å². The quantitative estimate of drug-likeness (QED) is 0.589. The minimum Gasteiger partial charge on any atom is -0.283 e. The Labute approximate surface area is 66.7 Å². The smallest absolute Gasteiger partial charge is 0.229 e. The van der Waals surface area contributed by atoms with Crippen molar-refractivity contribution in [2.24, 2.45) is 5.14 Å². The van der Waals surface area contributed by atoms with E-state index in [0.717, 1.165) is 19.5 Å². The summed E-state index contributed by atoms with van der Waals surface area (Å²) in [6, 6.07) is 0. The van der Waals surface area contributed by atoms with Gasteiger partial charge in [-0.25, -0.2) is 13.6 Å². The second-order valence-electron chi connectivity index (χ2n) is 2.60. The van der Waals surface area contributed by atoms with Crippen molar-refractivity contribution in [3.63, 3.8) is 0 Å². The van der Waals surface area contributed by atoms with Gasteiger partial charge in [-0.15, -0.1) is 6.58 Å². The van der Waals surface area contributed by atoms with Crippen molar-refractivity contribution in [2.45, 2.75) is 11.8 Å². The van der Waals surface area contributed by atoms with Crippen LogP contribution in [0.1, 0.15) is 6.42 Å². The largest absolute Gasteiger partial charge is 0.283 e. The van der Waals surface area contributed by atoms with E-state index in [1.54, 1.807) is 4.90 Å². The summed E-state index contributed by atoms with van der Waals surface area (Å²) in [5.74, 6) is 0. The van der Waals surface area contributed by atoms with Crippen LogP contribution in [0.3, 0.4) is 0 Å². The second kappa shape index (κ2) is 2.92. The third kappa shape index (κ3) is 1.79. The lowest BCUT2D eigenvalue weighted by Crippen LogP contribution is -2.49. The van der Waals surface area contributed by atoms with Gasteiger partial charge in [-0.1, -0.05) is 6.08 Å². The van der Waals surface area contributed by atoms with E-state index >= 15 is 0 Å². The Bertz CT molecular complexity index is 243. The molecule has 1 atom stereocenters. The summed E-state index contributed by atoms with van der Waals surface area (Å²) in [6.45, 7) is 5.03. The van der Waals surface area contributed by atoms with Crippen LogP contribution in [0.25, 0.3) is 0 Å². The van der Waals surface area contributed by atoms with Crippen molar-refractivity contribution in [1.82, 2.24) is 4.90 Å². The SMILES string of the molecule is C=CC(N1CCC1)S(N)(=O)=O. The number of primary sulfonamides is 1. The Morgan fingerprint density at radius 2 is 2.09 bits per heavy atom. The first-order valence-electron chi connectivity index (χ1n) is 3.44. The summed E-state index contributed by atoms with van der Waals surface area (Å²) in [5.41, 5.74) is 0. The number of rotatable bonds is 3. The van der Waals surface area contributed by atoms with Gasteiger partial charge in [0.15, 0.2) is 0 Å². The molecular formula is C6H12N2O2S. The molecule has 1 rings (SSSR count). The molecule has 1 fully saturated rings. The Hall–Kier alpha value is -0.390. The lowest BCUT2D eigenvalue weighted by molar-refractivity contribution is 0.181. The zero-order chi connectivity index (χ0) is 8.48. The fraction of sp³-hybridized carbons (Fsp3) is 0.667. The summed E-state index contributed by atoms with van der Waals surface area (Å²) in [5, 5.41) is 4.28. The van der Waals surface area contributed by atoms with E-state index in [4.69, 9.17) is 5.14 Å². The first-order chi connectivity index (χ1) is 5.05. The van der Waals surface area contributed by atoms with E-state index in [1.165, 1.54) is 6.08 Å².